The van der Waals surface area contributed by atoms with Gasteiger partial charge in [-0.3, -0.25) is 4.79 Å². The van der Waals surface area contributed by atoms with Gasteiger partial charge in [-0.2, -0.15) is 13.2 Å². The largest absolute Gasteiger partial charge is 0.459 e. The summed E-state index contributed by atoms with van der Waals surface area (Å²) in [6.45, 7) is 1.74. The molecule has 0 saturated heterocycles. The third-order valence-electron chi connectivity index (χ3n) is 2.86. The second-order valence-corrected chi connectivity index (χ2v) is 4.49. The highest BCUT2D eigenvalue weighted by Crippen LogP contribution is 2.29. The third-order valence-corrected chi connectivity index (χ3v) is 2.86. The predicted octanol–water partition coefficient (Wildman–Crippen LogP) is 3.01. The Morgan fingerprint density at radius 3 is 2.52 bits per heavy atom. The summed E-state index contributed by atoms with van der Waals surface area (Å²) in [6.07, 6.45) is -1.25. The van der Waals surface area contributed by atoms with Crippen LogP contribution in [-0.4, -0.2) is 15.5 Å². The Morgan fingerprint density at radius 2 is 1.95 bits per heavy atom. The van der Waals surface area contributed by atoms with E-state index >= 15 is 0 Å². The second kappa shape index (κ2) is 5.99. The molecule has 1 heterocycles. The zero-order valence-electron chi connectivity index (χ0n) is 11.2. The molecule has 0 bridgehead atoms. The van der Waals surface area contributed by atoms with E-state index in [1.807, 2.05) is 0 Å². The minimum Gasteiger partial charge on any atom is -0.459 e. The summed E-state index contributed by atoms with van der Waals surface area (Å²) in [5, 5.41) is 0. The van der Waals surface area contributed by atoms with Crippen molar-refractivity contribution >= 4 is 5.97 Å². The van der Waals surface area contributed by atoms with Crippen LogP contribution in [0.4, 0.5) is 13.2 Å². The molecule has 2 rings (SSSR count). The number of nitrogens with zero attached hydrogens (tertiary/aromatic N) is 2. The van der Waals surface area contributed by atoms with E-state index in [-0.39, 0.29) is 6.61 Å². The molecule has 1 aromatic carbocycles. The lowest BCUT2D eigenvalue weighted by Crippen LogP contribution is -2.08. The molecule has 7 heteroatoms. The van der Waals surface area contributed by atoms with Crippen LogP contribution in [0.5, 0.6) is 0 Å². The van der Waals surface area contributed by atoms with Gasteiger partial charge in [-0.25, -0.2) is 4.98 Å². The lowest BCUT2D eigenvalue weighted by atomic mass is 10.1. The minimum absolute atomic E-state index is 0.0793. The maximum absolute atomic E-state index is 12.5. The summed E-state index contributed by atoms with van der Waals surface area (Å²) in [6, 6.07) is 4.91. The molecule has 0 amide bonds. The average molecular weight is 298 g/mol. The van der Waals surface area contributed by atoms with E-state index in [2.05, 4.69) is 4.98 Å². The van der Waals surface area contributed by atoms with Crippen LogP contribution in [0.15, 0.2) is 36.8 Å². The van der Waals surface area contributed by atoms with E-state index in [1.165, 1.54) is 25.4 Å². The number of benzene rings is 1. The number of imidazole rings is 1. The Balaban J connectivity index is 2.08. The number of rotatable bonds is 4. The number of carbonyl (C=O) groups excluding carboxylic acids is 1. The molecule has 2 aromatic rings. The van der Waals surface area contributed by atoms with Crippen molar-refractivity contribution in [3.8, 4) is 0 Å². The summed E-state index contributed by atoms with van der Waals surface area (Å²) >= 11 is 0. The zero-order valence-corrected chi connectivity index (χ0v) is 11.2. The number of hydrogen-bond acceptors (Lipinski definition) is 3. The molecular formula is C14H13F3N2O2. The van der Waals surface area contributed by atoms with E-state index in [9.17, 15) is 18.0 Å². The van der Waals surface area contributed by atoms with Crippen LogP contribution < -0.4 is 0 Å². The van der Waals surface area contributed by atoms with Crippen LogP contribution >= 0.6 is 0 Å². The summed E-state index contributed by atoms with van der Waals surface area (Å²) in [5.41, 5.74) is 0.687. The molecule has 0 fully saturated rings. The molecule has 1 aromatic heterocycles. The number of esters is 1. The first kappa shape index (κ1) is 15.1. The Hall–Kier alpha value is -2.31. The molecule has 4 nitrogen and oxygen atoms in total. The molecular weight excluding hydrogens is 285 g/mol. The van der Waals surface area contributed by atoms with Crippen LogP contribution in [0, 0.1) is 0 Å². The van der Waals surface area contributed by atoms with Gasteiger partial charge in [-0.15, -0.1) is 0 Å². The number of carbonyl (C=O) groups is 1. The zero-order chi connectivity index (χ0) is 15.5. The first-order valence-corrected chi connectivity index (χ1v) is 6.15. The highest BCUT2D eigenvalue weighted by molar-refractivity contribution is 5.65. The van der Waals surface area contributed by atoms with Crippen molar-refractivity contribution in [2.75, 3.05) is 0 Å². The fourth-order valence-corrected chi connectivity index (χ4v) is 1.78. The highest BCUT2D eigenvalue weighted by Gasteiger charge is 2.29. The Bertz CT molecular complexity index is 618. The van der Waals surface area contributed by atoms with Gasteiger partial charge in [0.15, 0.2) is 0 Å². The van der Waals surface area contributed by atoms with E-state index < -0.39 is 17.7 Å². The van der Waals surface area contributed by atoms with Gasteiger partial charge in [0, 0.05) is 13.5 Å². The normalized spacial score (nSPS) is 11.4. The molecule has 112 valence electrons. The quantitative estimate of drug-likeness (QED) is 0.815. The van der Waals surface area contributed by atoms with E-state index in [1.54, 1.807) is 10.8 Å². The maximum atomic E-state index is 12.5. The van der Waals surface area contributed by atoms with Gasteiger partial charge in [0.2, 0.25) is 0 Å². The van der Waals surface area contributed by atoms with Crippen molar-refractivity contribution in [1.82, 2.24) is 9.55 Å². The van der Waals surface area contributed by atoms with Gasteiger partial charge in [-0.05, 0) is 17.7 Å². The smallest absolute Gasteiger partial charge is 0.416 e. The van der Waals surface area contributed by atoms with Crippen molar-refractivity contribution in [3.05, 3.63) is 53.6 Å². The van der Waals surface area contributed by atoms with Crippen molar-refractivity contribution in [2.45, 2.75) is 26.3 Å². The Kier molecular flexibility index (Phi) is 4.30. The maximum Gasteiger partial charge on any atom is 0.416 e. The van der Waals surface area contributed by atoms with Gasteiger partial charge >= 0.3 is 12.1 Å². The van der Waals surface area contributed by atoms with Crippen molar-refractivity contribution in [1.29, 1.82) is 0 Å². The SMILES string of the molecule is CC(=O)OCc1cncn1Cc1ccc(C(F)(F)F)cc1. The van der Waals surface area contributed by atoms with E-state index in [4.69, 9.17) is 4.74 Å². The Morgan fingerprint density at radius 1 is 1.29 bits per heavy atom. The number of aromatic nitrogens is 2. The second-order valence-electron chi connectivity index (χ2n) is 4.49. The van der Waals surface area contributed by atoms with Gasteiger partial charge in [0.05, 0.1) is 23.8 Å². The molecule has 0 N–H and O–H groups in total. The topological polar surface area (TPSA) is 44.1 Å². The standard InChI is InChI=1S/C14H13F3N2O2/c1-10(20)21-8-13-6-18-9-19(13)7-11-2-4-12(5-3-11)14(15,16)17/h2-6,9H,7-8H2,1H3. The lowest BCUT2D eigenvalue weighted by Gasteiger charge is -2.10. The number of hydrogen-bond donors (Lipinski definition) is 0. The predicted molar refractivity (Wildman–Crippen MR) is 68.2 cm³/mol. The average Bonchev–Trinajstić information content (AvgIpc) is 2.83. The van der Waals surface area contributed by atoms with E-state index in [0.29, 0.717) is 17.8 Å². The monoisotopic (exact) mass is 298 g/mol. The molecule has 0 atom stereocenters. The molecule has 0 aliphatic rings. The van der Waals surface area contributed by atoms with Crippen LogP contribution in [-0.2, 0) is 28.9 Å². The molecule has 0 unspecified atom stereocenters. The van der Waals surface area contributed by atoms with Gasteiger partial charge in [0.1, 0.15) is 6.61 Å². The molecule has 0 spiro atoms. The van der Waals surface area contributed by atoms with Crippen LogP contribution in [0.25, 0.3) is 0 Å². The Labute approximate surface area is 119 Å². The fraction of sp³-hybridized carbons (Fsp3) is 0.286. The van der Waals surface area contributed by atoms with Crippen molar-refractivity contribution in [2.24, 2.45) is 0 Å². The molecule has 0 radical (unpaired) electrons. The summed E-state index contributed by atoms with van der Waals surface area (Å²) in [4.78, 5) is 14.7. The van der Waals surface area contributed by atoms with Crippen LogP contribution in [0.2, 0.25) is 0 Å². The van der Waals surface area contributed by atoms with E-state index in [0.717, 1.165) is 12.1 Å². The number of ether oxygens (including phenoxy) is 1. The number of alkyl halides is 3. The lowest BCUT2D eigenvalue weighted by molar-refractivity contribution is -0.142. The summed E-state index contributed by atoms with van der Waals surface area (Å²) < 4.78 is 44.0. The first-order chi connectivity index (χ1) is 9.86. The highest BCUT2D eigenvalue weighted by atomic mass is 19.4. The van der Waals surface area contributed by atoms with Crippen LogP contribution in [0.1, 0.15) is 23.7 Å². The van der Waals surface area contributed by atoms with Crippen molar-refractivity contribution in [3.63, 3.8) is 0 Å². The fourth-order valence-electron chi connectivity index (χ4n) is 1.78. The summed E-state index contributed by atoms with van der Waals surface area (Å²) in [7, 11) is 0. The van der Waals surface area contributed by atoms with Gasteiger partial charge in [0.25, 0.3) is 0 Å². The number of halogens is 3. The van der Waals surface area contributed by atoms with Crippen LogP contribution in [0.3, 0.4) is 0 Å². The first-order valence-electron chi connectivity index (χ1n) is 6.15. The van der Waals surface area contributed by atoms with Crippen molar-refractivity contribution < 1.29 is 22.7 Å². The van der Waals surface area contributed by atoms with Gasteiger partial charge < -0.3 is 9.30 Å². The molecule has 0 saturated carbocycles. The molecule has 0 aliphatic carbocycles. The third kappa shape index (κ3) is 4.08. The molecule has 21 heavy (non-hydrogen) atoms. The van der Waals surface area contributed by atoms with Gasteiger partial charge in [-0.1, -0.05) is 12.1 Å². The minimum atomic E-state index is -4.34. The summed E-state index contributed by atoms with van der Waals surface area (Å²) in [5.74, 6) is -0.405. The molecule has 0 aliphatic heterocycles.